The lowest BCUT2D eigenvalue weighted by atomic mass is 9.91. The van der Waals surface area contributed by atoms with Crippen molar-refractivity contribution in [1.29, 1.82) is 0 Å². The van der Waals surface area contributed by atoms with Crippen molar-refractivity contribution in [3.63, 3.8) is 0 Å². The maximum absolute atomic E-state index is 3.61. The lowest BCUT2D eigenvalue weighted by molar-refractivity contribution is 1.08. The zero-order chi connectivity index (χ0) is 15.0. The van der Waals surface area contributed by atoms with E-state index in [1.54, 1.807) is 0 Å². The second-order valence-corrected chi connectivity index (χ2v) is 6.57. The molecular weight excluding hydrogens is 278 g/mol. The van der Waals surface area contributed by atoms with E-state index in [9.17, 15) is 0 Å². The molecular formula is C22H15N. The van der Waals surface area contributed by atoms with Gasteiger partial charge in [0.2, 0.25) is 0 Å². The molecule has 0 atom stereocenters. The Labute approximate surface area is 133 Å². The van der Waals surface area contributed by atoms with Gasteiger partial charge in [-0.05, 0) is 57.7 Å². The van der Waals surface area contributed by atoms with Crippen molar-refractivity contribution < 1.29 is 0 Å². The molecule has 0 saturated carbocycles. The van der Waals surface area contributed by atoms with E-state index in [2.05, 4.69) is 65.7 Å². The van der Waals surface area contributed by atoms with Gasteiger partial charge in [-0.3, -0.25) is 0 Å². The fourth-order valence-electron chi connectivity index (χ4n) is 4.54. The normalized spacial score (nSPS) is 14.9. The maximum atomic E-state index is 3.61. The lowest BCUT2D eigenvalue weighted by Gasteiger charge is -2.13. The summed E-state index contributed by atoms with van der Waals surface area (Å²) in [7, 11) is 0. The average molecular weight is 293 g/mol. The molecule has 0 fully saturated rings. The number of rotatable bonds is 0. The number of nitrogens with one attached hydrogen (secondary N) is 1. The summed E-state index contributed by atoms with van der Waals surface area (Å²) in [5.74, 6) is 0. The first kappa shape index (κ1) is 11.7. The van der Waals surface area contributed by atoms with E-state index in [4.69, 9.17) is 0 Å². The predicted molar refractivity (Wildman–Crippen MR) is 96.7 cm³/mol. The van der Waals surface area contributed by atoms with Gasteiger partial charge in [-0.1, -0.05) is 48.5 Å². The molecule has 0 spiro atoms. The molecule has 23 heavy (non-hydrogen) atoms. The molecule has 0 radical (unpaired) electrons. The van der Waals surface area contributed by atoms with Crippen molar-refractivity contribution in [2.75, 3.05) is 0 Å². The number of aromatic nitrogens is 1. The molecule has 1 heteroatoms. The van der Waals surface area contributed by atoms with E-state index in [1.807, 2.05) is 0 Å². The molecule has 108 valence electrons. The van der Waals surface area contributed by atoms with Crippen LogP contribution in [0.5, 0.6) is 0 Å². The molecule has 2 aliphatic carbocycles. The van der Waals surface area contributed by atoms with Gasteiger partial charge in [0, 0.05) is 21.8 Å². The molecule has 2 aliphatic rings. The third-order valence-electron chi connectivity index (χ3n) is 5.42. The summed E-state index contributed by atoms with van der Waals surface area (Å²) >= 11 is 0. The molecule has 0 amide bonds. The van der Waals surface area contributed by atoms with Gasteiger partial charge < -0.3 is 4.98 Å². The van der Waals surface area contributed by atoms with Crippen LogP contribution < -0.4 is 10.4 Å². The van der Waals surface area contributed by atoms with Crippen molar-refractivity contribution in [3.05, 3.63) is 70.6 Å². The second kappa shape index (κ2) is 3.94. The van der Waals surface area contributed by atoms with E-state index in [1.165, 1.54) is 54.5 Å². The number of H-pyrrole nitrogens is 1. The zero-order valence-corrected chi connectivity index (χ0v) is 12.7. The Morgan fingerprint density at radius 2 is 1.39 bits per heavy atom. The topological polar surface area (TPSA) is 15.8 Å². The van der Waals surface area contributed by atoms with Crippen molar-refractivity contribution in [3.8, 4) is 11.1 Å². The van der Waals surface area contributed by atoms with Crippen LogP contribution >= 0.6 is 0 Å². The van der Waals surface area contributed by atoms with Gasteiger partial charge in [-0.15, -0.1) is 0 Å². The summed E-state index contributed by atoms with van der Waals surface area (Å²) in [6.07, 6.45) is 4.65. The number of fused-ring (bicyclic) bond motifs is 2. The molecule has 0 aliphatic heterocycles. The second-order valence-electron chi connectivity index (χ2n) is 6.57. The highest BCUT2D eigenvalue weighted by molar-refractivity contribution is 6.19. The van der Waals surface area contributed by atoms with Gasteiger partial charge in [0.05, 0.1) is 0 Å². The summed E-state index contributed by atoms with van der Waals surface area (Å²) in [6, 6.07) is 20.1. The van der Waals surface area contributed by atoms with E-state index < -0.39 is 0 Å². The van der Waals surface area contributed by atoms with Gasteiger partial charge in [0.15, 0.2) is 0 Å². The van der Waals surface area contributed by atoms with E-state index in [0.29, 0.717) is 0 Å². The Bertz CT molecular complexity index is 1250. The largest absolute Gasteiger partial charge is 0.354 e. The fourth-order valence-corrected chi connectivity index (χ4v) is 4.54. The van der Waals surface area contributed by atoms with Crippen LogP contribution in [-0.4, -0.2) is 4.98 Å². The number of benzene rings is 3. The van der Waals surface area contributed by atoms with E-state index >= 15 is 0 Å². The van der Waals surface area contributed by atoms with Crippen molar-refractivity contribution >= 4 is 33.5 Å². The quantitative estimate of drug-likeness (QED) is 0.503. The smallest absolute Gasteiger partial charge is 0.0471 e. The minimum absolute atomic E-state index is 1.13. The summed E-state index contributed by atoms with van der Waals surface area (Å²) < 4.78 is 0. The first-order valence-electron chi connectivity index (χ1n) is 8.28. The zero-order valence-electron chi connectivity index (χ0n) is 12.7. The van der Waals surface area contributed by atoms with E-state index in [0.717, 1.165) is 12.8 Å². The van der Waals surface area contributed by atoms with Crippen molar-refractivity contribution in [2.24, 2.45) is 0 Å². The van der Waals surface area contributed by atoms with Gasteiger partial charge in [0.25, 0.3) is 0 Å². The highest BCUT2D eigenvalue weighted by Gasteiger charge is 2.21. The molecule has 1 aromatic heterocycles. The Morgan fingerprint density at radius 1 is 0.696 bits per heavy atom. The lowest BCUT2D eigenvalue weighted by Crippen LogP contribution is -2.31. The highest BCUT2D eigenvalue weighted by atomic mass is 14.7. The molecule has 4 aromatic rings. The van der Waals surface area contributed by atoms with Gasteiger partial charge >= 0.3 is 0 Å². The molecule has 0 bridgehead atoms. The third-order valence-corrected chi connectivity index (χ3v) is 5.42. The predicted octanol–water partition coefficient (Wildman–Crippen LogP) is 4.07. The van der Waals surface area contributed by atoms with Crippen LogP contribution in [0.3, 0.4) is 0 Å². The molecule has 1 N–H and O–H groups in total. The van der Waals surface area contributed by atoms with Crippen LogP contribution in [0.1, 0.15) is 18.4 Å². The Kier molecular flexibility index (Phi) is 2.01. The van der Waals surface area contributed by atoms with Gasteiger partial charge in [0.1, 0.15) is 0 Å². The summed E-state index contributed by atoms with van der Waals surface area (Å²) in [4.78, 5) is 3.61. The number of aromatic amines is 1. The van der Waals surface area contributed by atoms with Crippen LogP contribution in [0.15, 0.2) is 54.6 Å². The Morgan fingerprint density at radius 3 is 2.26 bits per heavy atom. The monoisotopic (exact) mass is 293 g/mol. The minimum atomic E-state index is 1.13. The Balaban J connectivity index is 2.05. The molecule has 3 aromatic carbocycles. The van der Waals surface area contributed by atoms with Crippen LogP contribution in [-0.2, 0) is 0 Å². The van der Waals surface area contributed by atoms with Gasteiger partial charge in [-0.2, -0.15) is 0 Å². The Hall–Kier alpha value is -2.80. The highest BCUT2D eigenvalue weighted by Crippen LogP contribution is 2.40. The third kappa shape index (κ3) is 1.34. The SMILES string of the molecule is C1=c2cccc3c2=C(CC1)c1cccc2[nH]c4cccc-3c4c12. The standard InChI is InChI=1S/C22H15N/c1-5-13-6-2-8-15-17-10-4-12-19-22(17)21-16(14(7-1)20(13)15)9-3-11-18(21)23-19/h1,3-7,9-12,23H,2,8H2. The van der Waals surface area contributed by atoms with Crippen LogP contribution in [0.25, 0.3) is 44.6 Å². The summed E-state index contributed by atoms with van der Waals surface area (Å²) in [5.41, 5.74) is 8.17. The summed E-state index contributed by atoms with van der Waals surface area (Å²) in [6.45, 7) is 0. The van der Waals surface area contributed by atoms with E-state index in [-0.39, 0.29) is 0 Å². The fraction of sp³-hybridized carbons (Fsp3) is 0.0909. The first-order valence-corrected chi connectivity index (χ1v) is 8.28. The van der Waals surface area contributed by atoms with Crippen molar-refractivity contribution in [1.82, 2.24) is 4.98 Å². The maximum Gasteiger partial charge on any atom is 0.0471 e. The molecule has 0 unspecified atom stereocenters. The molecule has 1 heterocycles. The molecule has 0 saturated heterocycles. The number of hydrogen-bond donors (Lipinski definition) is 1. The van der Waals surface area contributed by atoms with Crippen LogP contribution in [0.2, 0.25) is 0 Å². The number of hydrogen-bond acceptors (Lipinski definition) is 0. The average Bonchev–Trinajstić information content (AvgIpc) is 2.93. The molecule has 6 rings (SSSR count). The first-order chi connectivity index (χ1) is 11.4. The van der Waals surface area contributed by atoms with Crippen LogP contribution in [0.4, 0.5) is 0 Å². The summed E-state index contributed by atoms with van der Waals surface area (Å²) in [5, 5.41) is 5.63. The van der Waals surface area contributed by atoms with Gasteiger partial charge in [-0.25, -0.2) is 0 Å². The van der Waals surface area contributed by atoms with Crippen molar-refractivity contribution in [2.45, 2.75) is 12.8 Å². The van der Waals surface area contributed by atoms with Crippen LogP contribution in [0, 0.1) is 0 Å². The molecule has 1 nitrogen and oxygen atoms in total. The minimum Gasteiger partial charge on any atom is -0.354 e.